The summed E-state index contributed by atoms with van der Waals surface area (Å²) < 4.78 is 4.41. The van der Waals surface area contributed by atoms with Crippen LogP contribution in [0.15, 0.2) is 6.58 Å². The predicted octanol–water partition coefficient (Wildman–Crippen LogP) is 1.82. The average molecular weight is 165 g/mol. The molecule has 1 aromatic rings. The van der Waals surface area contributed by atoms with Gasteiger partial charge in [-0.25, -0.2) is 9.13 Å². The summed E-state index contributed by atoms with van der Waals surface area (Å²) in [5.41, 5.74) is 2.61. The maximum atomic E-state index is 3.79. The molecule has 2 nitrogen and oxygen atoms in total. The quantitative estimate of drug-likeness (QED) is 0.591. The zero-order valence-corrected chi connectivity index (χ0v) is 8.39. The fourth-order valence-corrected chi connectivity index (χ4v) is 1.72. The molecule has 1 rings (SSSR count). The van der Waals surface area contributed by atoms with Crippen molar-refractivity contribution in [1.29, 1.82) is 0 Å². The minimum Gasteiger partial charge on any atom is -0.232 e. The zero-order valence-electron chi connectivity index (χ0n) is 8.39. The van der Waals surface area contributed by atoms with Gasteiger partial charge in [-0.3, -0.25) is 0 Å². The van der Waals surface area contributed by atoms with E-state index in [2.05, 4.69) is 43.4 Å². The summed E-state index contributed by atoms with van der Waals surface area (Å²) in [7, 11) is 0. The van der Waals surface area contributed by atoms with Crippen molar-refractivity contribution < 1.29 is 4.57 Å². The van der Waals surface area contributed by atoms with Crippen molar-refractivity contribution in [3.63, 3.8) is 0 Å². The molecule has 0 N–H and O–H groups in total. The average Bonchev–Trinajstić information content (AvgIpc) is 2.25. The molecule has 0 saturated heterocycles. The van der Waals surface area contributed by atoms with Crippen LogP contribution in [0.25, 0.3) is 6.20 Å². The van der Waals surface area contributed by atoms with Crippen LogP contribution in [0, 0.1) is 20.8 Å². The van der Waals surface area contributed by atoms with Crippen molar-refractivity contribution >= 4 is 6.20 Å². The Kier molecular flexibility index (Phi) is 2.36. The smallest absolute Gasteiger partial charge is 0.232 e. The van der Waals surface area contributed by atoms with E-state index in [0.717, 1.165) is 6.54 Å². The van der Waals surface area contributed by atoms with Crippen LogP contribution >= 0.6 is 0 Å². The van der Waals surface area contributed by atoms with Crippen molar-refractivity contribution in [2.45, 2.75) is 34.2 Å². The van der Waals surface area contributed by atoms with E-state index in [-0.39, 0.29) is 0 Å². The van der Waals surface area contributed by atoms with Gasteiger partial charge >= 0.3 is 0 Å². The van der Waals surface area contributed by atoms with Crippen LogP contribution in [0.2, 0.25) is 0 Å². The maximum Gasteiger partial charge on any atom is 0.258 e. The third-order valence-electron chi connectivity index (χ3n) is 2.53. The lowest BCUT2D eigenvalue weighted by molar-refractivity contribution is -0.704. The molecule has 0 radical (unpaired) electrons. The monoisotopic (exact) mass is 165 g/mol. The highest BCUT2D eigenvalue weighted by Gasteiger charge is 2.18. The lowest BCUT2D eigenvalue weighted by atomic mass is 10.4. The van der Waals surface area contributed by atoms with Gasteiger partial charge in [-0.1, -0.05) is 6.58 Å². The van der Waals surface area contributed by atoms with Gasteiger partial charge in [-0.15, -0.1) is 0 Å². The minimum absolute atomic E-state index is 1.03. The predicted molar refractivity (Wildman–Crippen MR) is 50.9 cm³/mol. The molecule has 0 fully saturated rings. The van der Waals surface area contributed by atoms with E-state index < -0.39 is 0 Å². The first kappa shape index (κ1) is 9.04. The van der Waals surface area contributed by atoms with Crippen LogP contribution in [0.3, 0.4) is 0 Å². The molecule has 0 saturated carbocycles. The van der Waals surface area contributed by atoms with Crippen LogP contribution in [0.4, 0.5) is 0 Å². The van der Waals surface area contributed by atoms with E-state index in [4.69, 9.17) is 0 Å². The van der Waals surface area contributed by atoms with E-state index in [0.29, 0.717) is 0 Å². The van der Waals surface area contributed by atoms with Gasteiger partial charge in [0, 0.05) is 20.8 Å². The third-order valence-corrected chi connectivity index (χ3v) is 2.53. The van der Waals surface area contributed by atoms with Crippen LogP contribution in [0.5, 0.6) is 0 Å². The normalized spacial score (nSPS) is 10.3. The largest absolute Gasteiger partial charge is 0.258 e. The summed E-state index contributed by atoms with van der Waals surface area (Å²) >= 11 is 0. The molecule has 0 aliphatic carbocycles. The summed E-state index contributed by atoms with van der Waals surface area (Å²) in [6, 6.07) is 0. The van der Waals surface area contributed by atoms with E-state index in [1.807, 2.05) is 6.20 Å². The molecule has 0 aromatic carbocycles. The first-order chi connectivity index (χ1) is 5.63. The van der Waals surface area contributed by atoms with Crippen LogP contribution < -0.4 is 4.57 Å². The Balaban J connectivity index is 3.42. The topological polar surface area (TPSA) is 8.81 Å². The molecule has 12 heavy (non-hydrogen) atoms. The Morgan fingerprint density at radius 3 is 2.25 bits per heavy atom. The number of hydrogen-bond donors (Lipinski definition) is 0. The van der Waals surface area contributed by atoms with Gasteiger partial charge in [-0.2, -0.15) is 0 Å². The molecule has 0 atom stereocenters. The highest BCUT2D eigenvalue weighted by Crippen LogP contribution is 2.07. The SMILES string of the molecule is C=Cn1c(C)c(C)[n+](CC)c1C. The molecule has 0 aliphatic heterocycles. The first-order valence-corrected chi connectivity index (χ1v) is 4.33. The van der Waals surface area contributed by atoms with Crippen LogP contribution in [0.1, 0.15) is 24.1 Å². The molecule has 2 heteroatoms. The summed E-state index contributed by atoms with van der Waals surface area (Å²) in [6.45, 7) is 13.4. The minimum atomic E-state index is 1.03. The Hall–Kier alpha value is -1.05. The highest BCUT2D eigenvalue weighted by atomic mass is 15.2. The number of imidazole rings is 1. The van der Waals surface area contributed by atoms with Gasteiger partial charge < -0.3 is 0 Å². The summed E-state index contributed by atoms with van der Waals surface area (Å²) in [4.78, 5) is 0. The second kappa shape index (κ2) is 3.13. The van der Waals surface area contributed by atoms with Crippen molar-refractivity contribution in [3.8, 4) is 0 Å². The fourth-order valence-electron chi connectivity index (χ4n) is 1.72. The number of hydrogen-bond acceptors (Lipinski definition) is 0. The van der Waals surface area contributed by atoms with Crippen LogP contribution in [-0.4, -0.2) is 4.57 Å². The molecular formula is C10H17N2+. The van der Waals surface area contributed by atoms with Crippen LogP contribution in [-0.2, 0) is 6.54 Å². The van der Waals surface area contributed by atoms with Crippen molar-refractivity contribution in [3.05, 3.63) is 23.8 Å². The maximum absolute atomic E-state index is 3.79. The lowest BCUT2D eigenvalue weighted by Crippen LogP contribution is -2.37. The van der Waals surface area contributed by atoms with Gasteiger partial charge in [0.2, 0.25) is 0 Å². The van der Waals surface area contributed by atoms with Crippen molar-refractivity contribution in [2.75, 3.05) is 0 Å². The van der Waals surface area contributed by atoms with Gasteiger partial charge in [0.25, 0.3) is 5.82 Å². The Morgan fingerprint density at radius 2 is 2.00 bits per heavy atom. The molecule has 66 valence electrons. The second-order valence-corrected chi connectivity index (χ2v) is 3.01. The van der Waals surface area contributed by atoms with Crippen molar-refractivity contribution in [2.24, 2.45) is 0 Å². The number of aromatic nitrogens is 2. The second-order valence-electron chi connectivity index (χ2n) is 3.01. The zero-order chi connectivity index (χ0) is 9.30. The summed E-state index contributed by atoms with van der Waals surface area (Å²) in [5.74, 6) is 1.25. The molecule has 0 aliphatic rings. The third kappa shape index (κ3) is 1.07. The van der Waals surface area contributed by atoms with Gasteiger partial charge in [0.15, 0.2) is 0 Å². The Bertz CT molecular complexity index is 308. The summed E-state index contributed by atoms with van der Waals surface area (Å²) in [5, 5.41) is 0. The van der Waals surface area contributed by atoms with E-state index >= 15 is 0 Å². The van der Waals surface area contributed by atoms with Gasteiger partial charge in [0.05, 0.1) is 12.7 Å². The van der Waals surface area contributed by atoms with Gasteiger partial charge in [-0.05, 0) is 6.92 Å². The Labute approximate surface area is 74.1 Å². The number of nitrogens with zero attached hydrogens (tertiary/aromatic N) is 2. The van der Waals surface area contributed by atoms with Crippen molar-refractivity contribution in [1.82, 2.24) is 4.57 Å². The van der Waals surface area contributed by atoms with E-state index in [1.165, 1.54) is 17.2 Å². The molecule has 0 amide bonds. The lowest BCUT2D eigenvalue weighted by Gasteiger charge is -1.93. The number of rotatable bonds is 2. The Morgan fingerprint density at radius 1 is 1.42 bits per heavy atom. The summed E-state index contributed by atoms with van der Waals surface area (Å²) in [6.07, 6.45) is 1.86. The molecule has 0 bridgehead atoms. The standard InChI is InChI=1S/C10H17N2/c1-6-11-8(3)9(4)12(7-2)10(11)5/h6H,1,7H2,2-5H3/q+1. The van der Waals surface area contributed by atoms with Gasteiger partial charge in [0.1, 0.15) is 11.4 Å². The van der Waals surface area contributed by atoms with E-state index in [9.17, 15) is 0 Å². The first-order valence-electron chi connectivity index (χ1n) is 4.33. The molecule has 1 heterocycles. The van der Waals surface area contributed by atoms with E-state index in [1.54, 1.807) is 0 Å². The highest BCUT2D eigenvalue weighted by molar-refractivity contribution is 5.24. The molecule has 1 aromatic heterocycles. The molecule has 0 spiro atoms. The fraction of sp³-hybridized carbons (Fsp3) is 0.500. The molecule has 0 unspecified atom stereocenters. The molecular weight excluding hydrogens is 148 g/mol.